The van der Waals surface area contributed by atoms with E-state index < -0.39 is 43.6 Å². The maximum atomic E-state index is 12.0. The minimum atomic E-state index is -1.82. The van der Waals surface area contributed by atoms with E-state index in [1.54, 1.807) is 19.4 Å². The Morgan fingerprint density at radius 3 is 2.52 bits per heavy atom. The van der Waals surface area contributed by atoms with Crippen molar-refractivity contribution in [2.45, 2.75) is 31.5 Å². The van der Waals surface area contributed by atoms with Crippen molar-refractivity contribution in [1.82, 2.24) is 9.55 Å². The van der Waals surface area contributed by atoms with Gasteiger partial charge in [0.05, 0.1) is 7.80 Å². The molecule has 5 atom stereocenters. The molecule has 9 heteroatoms. The van der Waals surface area contributed by atoms with Crippen molar-refractivity contribution in [3.05, 3.63) is 44.5 Å². The van der Waals surface area contributed by atoms with E-state index in [1.807, 2.05) is 0 Å². The number of hydrogen-bond acceptors (Lipinski definition) is 6. The summed E-state index contributed by atoms with van der Waals surface area (Å²) in [4.78, 5) is 25.4. The summed E-state index contributed by atoms with van der Waals surface area (Å²) >= 11 is 0. The van der Waals surface area contributed by atoms with Crippen LogP contribution in [0.25, 0.3) is 0 Å². The standard InChI is InChI=1S/C14H21N2O6P/c1-8(7-23(4)19)10-11(20-2)12(21-3)13(22-10)16-6-5-9(17)15-14(16)18/h5-7,10-13,23H,1-4H3,(H,15,17,18)/b8-7+/t10-,11?,12?,13-/m1/s1. The van der Waals surface area contributed by atoms with Gasteiger partial charge in [-0.1, -0.05) is 0 Å². The summed E-state index contributed by atoms with van der Waals surface area (Å²) in [6.45, 7) is 3.43. The Morgan fingerprint density at radius 2 is 2.00 bits per heavy atom. The fourth-order valence-corrected chi connectivity index (χ4v) is 3.57. The SMILES string of the molecule is COC1C(OC)[C@H](n2ccc(=O)[nH]c2=O)O[C@@H]1/C(C)=C/[PH](C)=O. The maximum Gasteiger partial charge on any atom is 0.330 e. The van der Waals surface area contributed by atoms with E-state index in [-0.39, 0.29) is 0 Å². The van der Waals surface area contributed by atoms with Crippen LogP contribution in [0.15, 0.2) is 33.2 Å². The molecule has 0 amide bonds. The van der Waals surface area contributed by atoms with E-state index in [1.165, 1.54) is 31.0 Å². The first kappa shape index (κ1) is 17.9. The number of ether oxygens (including phenoxy) is 3. The zero-order valence-corrected chi connectivity index (χ0v) is 14.4. The number of nitrogens with one attached hydrogen (secondary N) is 1. The van der Waals surface area contributed by atoms with Crippen molar-refractivity contribution in [3.8, 4) is 0 Å². The van der Waals surface area contributed by atoms with Gasteiger partial charge in [-0.15, -0.1) is 0 Å². The lowest BCUT2D eigenvalue weighted by molar-refractivity contribution is -0.0539. The minimum Gasteiger partial charge on any atom is -0.375 e. The van der Waals surface area contributed by atoms with Gasteiger partial charge in [0, 0.05) is 26.5 Å². The van der Waals surface area contributed by atoms with Crippen LogP contribution in [0.4, 0.5) is 0 Å². The third-order valence-electron chi connectivity index (χ3n) is 3.74. The number of aromatic amines is 1. The summed E-state index contributed by atoms with van der Waals surface area (Å²) in [6, 6.07) is 1.24. The number of rotatable bonds is 5. The van der Waals surface area contributed by atoms with Gasteiger partial charge in [-0.25, -0.2) is 4.79 Å². The van der Waals surface area contributed by atoms with Crippen molar-refractivity contribution in [3.63, 3.8) is 0 Å². The van der Waals surface area contributed by atoms with Crippen LogP contribution in [0.3, 0.4) is 0 Å². The molecule has 1 fully saturated rings. The average molecular weight is 344 g/mol. The smallest absolute Gasteiger partial charge is 0.330 e. The number of hydrogen-bond donors (Lipinski definition) is 1. The molecule has 1 aromatic heterocycles. The van der Waals surface area contributed by atoms with Crippen LogP contribution in [0.2, 0.25) is 0 Å². The molecule has 0 aromatic carbocycles. The Balaban J connectivity index is 2.43. The lowest BCUT2D eigenvalue weighted by Gasteiger charge is -2.22. The number of aromatic nitrogens is 2. The van der Waals surface area contributed by atoms with Crippen LogP contribution in [0.5, 0.6) is 0 Å². The average Bonchev–Trinajstić information content (AvgIpc) is 2.84. The summed E-state index contributed by atoms with van der Waals surface area (Å²) < 4.78 is 29.6. The summed E-state index contributed by atoms with van der Waals surface area (Å²) in [5.41, 5.74) is -0.324. The largest absolute Gasteiger partial charge is 0.375 e. The second kappa shape index (κ2) is 7.40. The Labute approximate surface area is 133 Å². The lowest BCUT2D eigenvalue weighted by Crippen LogP contribution is -2.39. The molecule has 1 saturated heterocycles. The first-order chi connectivity index (χ1) is 10.9. The second-order valence-corrected chi connectivity index (χ2v) is 6.87. The van der Waals surface area contributed by atoms with Gasteiger partial charge < -0.3 is 18.8 Å². The molecular formula is C14H21N2O6P. The molecule has 8 nitrogen and oxygen atoms in total. The summed E-state index contributed by atoms with van der Waals surface area (Å²) in [5.74, 6) is 1.64. The fraction of sp³-hybridized carbons (Fsp3) is 0.571. The van der Waals surface area contributed by atoms with Crippen molar-refractivity contribution >= 4 is 7.80 Å². The van der Waals surface area contributed by atoms with Crippen molar-refractivity contribution in [1.29, 1.82) is 0 Å². The molecule has 23 heavy (non-hydrogen) atoms. The topological polar surface area (TPSA) is 99.6 Å². The van der Waals surface area contributed by atoms with E-state index >= 15 is 0 Å². The van der Waals surface area contributed by atoms with Crippen molar-refractivity contribution < 1.29 is 18.8 Å². The van der Waals surface area contributed by atoms with Crippen LogP contribution >= 0.6 is 7.80 Å². The van der Waals surface area contributed by atoms with Gasteiger partial charge in [-0.05, 0) is 25.0 Å². The minimum absolute atomic E-state index is 0.471. The molecule has 0 saturated carbocycles. The monoisotopic (exact) mass is 344 g/mol. The van der Waals surface area contributed by atoms with E-state index in [0.29, 0.717) is 0 Å². The molecule has 0 bridgehead atoms. The van der Waals surface area contributed by atoms with Crippen molar-refractivity contribution in [2.24, 2.45) is 0 Å². The Kier molecular flexibility index (Phi) is 5.75. The van der Waals surface area contributed by atoms with Gasteiger partial charge in [0.25, 0.3) is 5.56 Å². The van der Waals surface area contributed by atoms with Crippen LogP contribution in [-0.2, 0) is 18.8 Å². The van der Waals surface area contributed by atoms with Gasteiger partial charge in [-0.3, -0.25) is 14.3 Å². The van der Waals surface area contributed by atoms with Gasteiger partial charge in [-0.2, -0.15) is 0 Å². The van der Waals surface area contributed by atoms with Gasteiger partial charge >= 0.3 is 5.69 Å². The molecular weight excluding hydrogens is 323 g/mol. The molecule has 0 radical (unpaired) electrons. The molecule has 0 spiro atoms. The Hall–Kier alpha value is -1.47. The second-order valence-electron chi connectivity index (χ2n) is 5.36. The Bertz CT molecular complexity index is 724. The molecule has 2 heterocycles. The Morgan fingerprint density at radius 1 is 1.35 bits per heavy atom. The van der Waals surface area contributed by atoms with E-state index in [0.717, 1.165) is 5.57 Å². The molecule has 1 N–H and O–H groups in total. The first-order valence-corrected chi connectivity index (χ1v) is 9.09. The summed E-state index contributed by atoms with van der Waals surface area (Å²) in [6.07, 6.45) is -0.934. The molecule has 128 valence electrons. The number of methoxy groups -OCH3 is 2. The summed E-state index contributed by atoms with van der Waals surface area (Å²) in [5, 5.41) is 0. The molecule has 0 aliphatic carbocycles. The van der Waals surface area contributed by atoms with E-state index in [4.69, 9.17) is 14.2 Å². The maximum absolute atomic E-state index is 12.0. The highest BCUT2D eigenvalue weighted by Gasteiger charge is 2.47. The van der Waals surface area contributed by atoms with Crippen molar-refractivity contribution in [2.75, 3.05) is 20.9 Å². The van der Waals surface area contributed by atoms with Gasteiger partial charge in [0.2, 0.25) is 0 Å². The van der Waals surface area contributed by atoms with Crippen LogP contribution in [0.1, 0.15) is 13.2 Å². The third-order valence-corrected chi connectivity index (χ3v) is 4.60. The van der Waals surface area contributed by atoms with E-state index in [2.05, 4.69) is 4.98 Å². The molecule has 1 aliphatic heterocycles. The summed E-state index contributed by atoms with van der Waals surface area (Å²) in [7, 11) is 1.19. The predicted molar refractivity (Wildman–Crippen MR) is 85.5 cm³/mol. The normalized spacial score (nSPS) is 29.7. The highest BCUT2D eigenvalue weighted by molar-refractivity contribution is 7.47. The highest BCUT2D eigenvalue weighted by atomic mass is 31.1. The third kappa shape index (κ3) is 3.72. The highest BCUT2D eigenvalue weighted by Crippen LogP contribution is 2.36. The van der Waals surface area contributed by atoms with Gasteiger partial charge in [0.15, 0.2) is 6.23 Å². The first-order valence-electron chi connectivity index (χ1n) is 7.10. The van der Waals surface area contributed by atoms with Gasteiger partial charge in [0.1, 0.15) is 18.3 Å². The quantitative estimate of drug-likeness (QED) is 0.784. The molecule has 1 aromatic rings. The predicted octanol–water partition coefficient (Wildman–Crippen LogP) is 0.557. The van der Waals surface area contributed by atoms with Crippen LogP contribution < -0.4 is 11.2 Å². The van der Waals surface area contributed by atoms with Crippen LogP contribution in [0, 0.1) is 0 Å². The number of H-pyrrole nitrogens is 1. The van der Waals surface area contributed by atoms with Crippen LogP contribution in [-0.4, -0.2) is 48.7 Å². The zero-order valence-electron chi connectivity index (χ0n) is 13.4. The number of nitrogens with zero attached hydrogens (tertiary/aromatic N) is 1. The fourth-order valence-electron chi connectivity index (χ4n) is 2.77. The lowest BCUT2D eigenvalue weighted by atomic mass is 10.0. The molecule has 1 aliphatic rings. The van der Waals surface area contributed by atoms with E-state index in [9.17, 15) is 14.2 Å². The zero-order chi connectivity index (χ0) is 17.1. The molecule has 2 rings (SSSR count). The molecule has 3 unspecified atom stereocenters.